The van der Waals surface area contributed by atoms with E-state index in [1.54, 1.807) is 0 Å². The third-order valence-corrected chi connectivity index (χ3v) is 4.29. The van der Waals surface area contributed by atoms with Gasteiger partial charge in [0.05, 0.1) is 10.5 Å². The summed E-state index contributed by atoms with van der Waals surface area (Å²) in [5.41, 5.74) is -1.20. The van der Waals surface area contributed by atoms with Crippen LogP contribution in [0.2, 0.25) is 0 Å². The van der Waals surface area contributed by atoms with Crippen LogP contribution in [-0.4, -0.2) is 42.0 Å². The van der Waals surface area contributed by atoms with E-state index in [-0.39, 0.29) is 11.7 Å². The normalized spacial score (nSPS) is 25.6. The monoisotopic (exact) mass is 301 g/mol. The van der Waals surface area contributed by atoms with E-state index < -0.39 is 22.4 Å². The molecule has 0 spiro atoms. The SMILES string of the molecule is CN1CC2C[C@H]1CN2c1cc([N+](=O)[O-])cc(C(F)(F)F)c1. The Labute approximate surface area is 119 Å². The number of nitro benzene ring substituents is 1. The highest BCUT2D eigenvalue weighted by Crippen LogP contribution is 2.39. The van der Waals surface area contributed by atoms with Crippen LogP contribution in [0.1, 0.15) is 12.0 Å². The Kier molecular flexibility index (Phi) is 3.09. The summed E-state index contributed by atoms with van der Waals surface area (Å²) in [6.45, 7) is 1.38. The summed E-state index contributed by atoms with van der Waals surface area (Å²) in [6, 6.07) is 3.26. The van der Waals surface area contributed by atoms with Gasteiger partial charge in [-0.25, -0.2) is 0 Å². The molecule has 0 radical (unpaired) electrons. The molecule has 21 heavy (non-hydrogen) atoms. The molecule has 0 saturated carbocycles. The Bertz CT molecular complexity index is 589. The van der Waals surface area contributed by atoms with Crippen LogP contribution in [0.5, 0.6) is 0 Å². The topological polar surface area (TPSA) is 49.6 Å². The summed E-state index contributed by atoms with van der Waals surface area (Å²) in [5.74, 6) is 0. The van der Waals surface area contributed by atoms with Gasteiger partial charge in [-0.15, -0.1) is 0 Å². The number of halogens is 3. The van der Waals surface area contributed by atoms with E-state index in [4.69, 9.17) is 0 Å². The van der Waals surface area contributed by atoms with Gasteiger partial charge in [-0.2, -0.15) is 13.2 Å². The number of hydrogen-bond acceptors (Lipinski definition) is 4. The van der Waals surface area contributed by atoms with Crippen molar-refractivity contribution < 1.29 is 18.1 Å². The largest absolute Gasteiger partial charge is 0.416 e. The molecule has 1 unspecified atom stereocenters. The highest BCUT2D eigenvalue weighted by Gasteiger charge is 2.42. The molecule has 2 aliphatic heterocycles. The van der Waals surface area contributed by atoms with Gasteiger partial charge in [0, 0.05) is 43.0 Å². The number of nitro groups is 1. The third-order valence-electron chi connectivity index (χ3n) is 4.29. The van der Waals surface area contributed by atoms with Crippen LogP contribution in [0.4, 0.5) is 24.5 Å². The molecule has 1 aromatic carbocycles. The Hall–Kier alpha value is -1.83. The lowest BCUT2D eigenvalue weighted by Crippen LogP contribution is -2.44. The van der Waals surface area contributed by atoms with E-state index in [9.17, 15) is 23.3 Å². The first kappa shape index (κ1) is 14.1. The number of piperazine rings is 1. The number of non-ortho nitro benzene ring substituents is 1. The highest BCUT2D eigenvalue weighted by atomic mass is 19.4. The van der Waals surface area contributed by atoms with Crippen LogP contribution in [-0.2, 0) is 6.18 Å². The lowest BCUT2D eigenvalue weighted by molar-refractivity contribution is -0.385. The molecule has 0 aromatic heterocycles. The number of hydrogen-bond donors (Lipinski definition) is 0. The van der Waals surface area contributed by atoms with E-state index in [2.05, 4.69) is 4.90 Å². The zero-order valence-corrected chi connectivity index (χ0v) is 11.3. The smallest absolute Gasteiger partial charge is 0.365 e. The molecule has 2 fully saturated rings. The number of likely N-dealkylation sites (tertiary alicyclic amines) is 1. The first-order valence-electron chi connectivity index (χ1n) is 6.59. The number of anilines is 1. The first-order valence-corrected chi connectivity index (χ1v) is 6.59. The predicted molar refractivity (Wildman–Crippen MR) is 70.3 cm³/mol. The van der Waals surface area contributed by atoms with Gasteiger partial charge in [0.15, 0.2) is 0 Å². The zero-order chi connectivity index (χ0) is 15.4. The molecule has 0 N–H and O–H groups in total. The van der Waals surface area contributed by atoms with Crippen molar-refractivity contribution in [3.05, 3.63) is 33.9 Å². The maximum atomic E-state index is 12.9. The fourth-order valence-electron chi connectivity index (χ4n) is 3.21. The van der Waals surface area contributed by atoms with E-state index in [0.717, 1.165) is 19.0 Å². The maximum Gasteiger partial charge on any atom is 0.416 e. The van der Waals surface area contributed by atoms with Crippen LogP contribution >= 0.6 is 0 Å². The number of fused-ring (bicyclic) bond motifs is 2. The second-order valence-corrected chi connectivity index (χ2v) is 5.63. The van der Waals surface area contributed by atoms with E-state index in [1.807, 2.05) is 11.9 Å². The number of alkyl halides is 3. The summed E-state index contributed by atoms with van der Waals surface area (Å²) in [4.78, 5) is 14.1. The number of benzene rings is 1. The molecular weight excluding hydrogens is 287 g/mol. The molecule has 0 amide bonds. The van der Waals surface area contributed by atoms with Crippen molar-refractivity contribution in [1.82, 2.24) is 4.90 Å². The quantitative estimate of drug-likeness (QED) is 0.622. The van der Waals surface area contributed by atoms with Gasteiger partial charge in [-0.3, -0.25) is 15.0 Å². The summed E-state index contributed by atoms with van der Waals surface area (Å²) >= 11 is 0. The van der Waals surface area contributed by atoms with Gasteiger partial charge < -0.3 is 4.90 Å². The molecular formula is C13H14F3N3O2. The second kappa shape index (κ2) is 4.59. The average Bonchev–Trinajstić information content (AvgIpc) is 2.96. The standard InChI is InChI=1S/C13H14F3N3O2/c1-17-6-12-5-11(17)7-18(12)9-2-8(13(14,15)16)3-10(4-9)19(20)21/h2-4,11-12H,5-7H2,1H3/t11-,12?/m0/s1. The fraction of sp³-hybridized carbons (Fsp3) is 0.538. The van der Waals surface area contributed by atoms with Crippen molar-refractivity contribution >= 4 is 11.4 Å². The minimum absolute atomic E-state index is 0.128. The molecule has 0 aliphatic carbocycles. The van der Waals surface area contributed by atoms with Crippen LogP contribution in [0, 0.1) is 10.1 Å². The summed E-state index contributed by atoms with van der Waals surface area (Å²) in [5, 5.41) is 10.9. The van der Waals surface area contributed by atoms with Crippen molar-refractivity contribution in [1.29, 1.82) is 0 Å². The molecule has 5 nitrogen and oxygen atoms in total. The Balaban J connectivity index is 1.99. The van der Waals surface area contributed by atoms with Crippen molar-refractivity contribution in [3.63, 3.8) is 0 Å². The number of likely N-dealkylation sites (N-methyl/N-ethyl adjacent to an activating group) is 1. The van der Waals surface area contributed by atoms with Crippen LogP contribution in [0.3, 0.4) is 0 Å². The van der Waals surface area contributed by atoms with Crippen molar-refractivity contribution in [3.8, 4) is 0 Å². The van der Waals surface area contributed by atoms with Gasteiger partial charge in [-0.1, -0.05) is 0 Å². The van der Waals surface area contributed by atoms with Crippen LogP contribution < -0.4 is 4.90 Å². The van der Waals surface area contributed by atoms with Gasteiger partial charge >= 0.3 is 6.18 Å². The molecule has 3 rings (SSSR count). The molecule has 2 heterocycles. The predicted octanol–water partition coefficient (Wildman–Crippen LogP) is 2.51. The number of rotatable bonds is 2. The lowest BCUT2D eigenvalue weighted by atomic mass is 10.1. The van der Waals surface area contributed by atoms with Crippen LogP contribution in [0.25, 0.3) is 0 Å². The summed E-state index contributed by atoms with van der Waals surface area (Å²) in [7, 11) is 1.98. The average molecular weight is 301 g/mol. The Morgan fingerprint density at radius 2 is 1.95 bits per heavy atom. The number of nitrogens with zero attached hydrogens (tertiary/aromatic N) is 3. The molecule has 2 bridgehead atoms. The minimum atomic E-state index is -4.59. The zero-order valence-electron chi connectivity index (χ0n) is 11.3. The third kappa shape index (κ3) is 2.44. The summed E-state index contributed by atoms with van der Waals surface area (Å²) < 4.78 is 38.7. The van der Waals surface area contributed by atoms with Crippen molar-refractivity contribution in [2.24, 2.45) is 0 Å². The Morgan fingerprint density at radius 1 is 1.24 bits per heavy atom. The Morgan fingerprint density at radius 3 is 2.43 bits per heavy atom. The molecule has 2 saturated heterocycles. The van der Waals surface area contributed by atoms with Gasteiger partial charge in [0.1, 0.15) is 0 Å². The van der Waals surface area contributed by atoms with Crippen molar-refractivity contribution in [2.75, 3.05) is 25.0 Å². The van der Waals surface area contributed by atoms with Gasteiger partial charge in [0.25, 0.3) is 5.69 Å². The summed E-state index contributed by atoms with van der Waals surface area (Å²) in [6.07, 6.45) is -3.70. The van der Waals surface area contributed by atoms with Gasteiger partial charge in [0.2, 0.25) is 0 Å². The van der Waals surface area contributed by atoms with E-state index >= 15 is 0 Å². The van der Waals surface area contributed by atoms with E-state index in [1.165, 1.54) is 6.07 Å². The fourth-order valence-corrected chi connectivity index (χ4v) is 3.21. The second-order valence-electron chi connectivity index (χ2n) is 5.63. The molecule has 114 valence electrons. The van der Waals surface area contributed by atoms with E-state index in [0.29, 0.717) is 18.7 Å². The molecule has 8 heteroatoms. The highest BCUT2D eigenvalue weighted by molar-refractivity contribution is 5.58. The maximum absolute atomic E-state index is 12.9. The molecule has 2 atom stereocenters. The molecule has 2 aliphatic rings. The van der Waals surface area contributed by atoms with Crippen molar-refractivity contribution in [2.45, 2.75) is 24.7 Å². The van der Waals surface area contributed by atoms with Crippen LogP contribution in [0.15, 0.2) is 18.2 Å². The minimum Gasteiger partial charge on any atom is -0.365 e. The molecule has 1 aromatic rings. The van der Waals surface area contributed by atoms with Gasteiger partial charge in [-0.05, 0) is 19.5 Å². The lowest BCUT2D eigenvalue weighted by Gasteiger charge is -2.33. The first-order chi connectivity index (χ1) is 9.75.